The van der Waals surface area contributed by atoms with Gasteiger partial charge in [-0.15, -0.1) is 0 Å². The Balaban J connectivity index is 1.23. The van der Waals surface area contributed by atoms with E-state index < -0.39 is 23.3 Å². The van der Waals surface area contributed by atoms with Crippen molar-refractivity contribution in [2.75, 3.05) is 33.0 Å². The number of ether oxygens (including phenoxy) is 6. The maximum Gasteiger partial charge on any atom is 0.336 e. The highest BCUT2D eigenvalue weighted by molar-refractivity contribution is 5.89. The van der Waals surface area contributed by atoms with Crippen LogP contribution in [0.3, 0.4) is 0 Å². The first-order valence-electron chi connectivity index (χ1n) is 21.2. The second kappa shape index (κ2) is 24.7. The molecule has 0 bridgehead atoms. The van der Waals surface area contributed by atoms with E-state index in [0.29, 0.717) is 49.7 Å². The van der Waals surface area contributed by atoms with Crippen LogP contribution in [0.15, 0.2) is 134 Å². The van der Waals surface area contributed by atoms with E-state index in [1.807, 2.05) is 105 Å². The van der Waals surface area contributed by atoms with Crippen LogP contribution in [0.25, 0.3) is 28.3 Å². The highest BCUT2D eigenvalue weighted by Gasteiger charge is 2.29. The molecule has 0 aliphatic carbocycles. The fourth-order valence-electron chi connectivity index (χ4n) is 6.08. The van der Waals surface area contributed by atoms with Crippen molar-refractivity contribution in [2.45, 2.75) is 73.1 Å². The molecule has 0 radical (unpaired) electrons. The van der Waals surface area contributed by atoms with E-state index in [0.717, 1.165) is 64.8 Å². The molecule has 0 amide bonds. The molecule has 4 rings (SSSR count). The number of hydrogen-bond acceptors (Lipinski definition) is 10. The summed E-state index contributed by atoms with van der Waals surface area (Å²) in [5.41, 5.74) is 6.10. The second-order valence-electron chi connectivity index (χ2n) is 15.9. The zero-order valence-corrected chi connectivity index (χ0v) is 37.3. The summed E-state index contributed by atoms with van der Waals surface area (Å²) >= 11 is 0. The van der Waals surface area contributed by atoms with Gasteiger partial charge in [-0.2, -0.15) is 0 Å². The molecule has 0 saturated carbocycles. The molecule has 4 aromatic carbocycles. The third-order valence-electron chi connectivity index (χ3n) is 10.0. The maximum absolute atomic E-state index is 12.9. The normalized spacial score (nSPS) is 11.1. The zero-order valence-electron chi connectivity index (χ0n) is 37.3. The number of hydrogen-bond donors (Lipinski definition) is 0. The summed E-state index contributed by atoms with van der Waals surface area (Å²) in [7, 11) is 0. The van der Waals surface area contributed by atoms with E-state index >= 15 is 0 Å². The smallest absolute Gasteiger partial charge is 0.336 e. The van der Waals surface area contributed by atoms with Crippen LogP contribution < -0.4 is 14.2 Å². The summed E-state index contributed by atoms with van der Waals surface area (Å²) in [6, 6.07) is 29.3. The number of unbranched alkanes of at least 4 members (excludes halogenated alkanes) is 3. The van der Waals surface area contributed by atoms with Gasteiger partial charge in [-0.1, -0.05) is 88.2 Å². The van der Waals surface area contributed by atoms with Gasteiger partial charge < -0.3 is 28.4 Å². The van der Waals surface area contributed by atoms with Crippen molar-refractivity contribution in [3.63, 3.8) is 0 Å². The predicted molar refractivity (Wildman–Crippen MR) is 247 cm³/mol. The number of carbonyl (C=O) groups is 4. The van der Waals surface area contributed by atoms with Crippen molar-refractivity contribution in [2.24, 2.45) is 5.41 Å². The Kier molecular flexibility index (Phi) is 19.2. The molecule has 4 aromatic rings. The number of benzene rings is 4. The highest BCUT2D eigenvalue weighted by atomic mass is 16.6. The van der Waals surface area contributed by atoms with Crippen LogP contribution in [-0.4, -0.2) is 56.9 Å². The van der Waals surface area contributed by atoms with E-state index in [4.69, 9.17) is 28.4 Å². The number of esters is 4. The van der Waals surface area contributed by atoms with E-state index in [1.165, 1.54) is 6.08 Å². The molecule has 10 heteroatoms. The van der Waals surface area contributed by atoms with Crippen molar-refractivity contribution in [3.8, 4) is 39.5 Å². The van der Waals surface area contributed by atoms with Gasteiger partial charge in [0.05, 0.1) is 19.8 Å². The van der Waals surface area contributed by atoms with Crippen molar-refractivity contribution >= 4 is 30.0 Å². The molecule has 0 fully saturated rings. The van der Waals surface area contributed by atoms with Crippen molar-refractivity contribution in [1.82, 2.24) is 0 Å². The van der Waals surface area contributed by atoms with Crippen LogP contribution >= 0.6 is 0 Å². The molecule has 0 spiro atoms. The second-order valence-corrected chi connectivity index (χ2v) is 15.9. The van der Waals surface area contributed by atoms with Crippen LogP contribution in [0.5, 0.6) is 17.2 Å². The molecule has 332 valence electrons. The van der Waals surface area contributed by atoms with Gasteiger partial charge in [0.25, 0.3) is 0 Å². The zero-order chi connectivity index (χ0) is 45.8. The largest absolute Gasteiger partial charge is 0.494 e. The fourth-order valence-corrected chi connectivity index (χ4v) is 6.08. The molecule has 63 heavy (non-hydrogen) atoms. The maximum atomic E-state index is 12.9. The SMILES string of the molecule is C=C(C)C(=O)OCCCCCCOc1ccc(-c2ccc(OC(=O)/C=C/c3ccc(-c4ccc(OCCC(C)(COC(=O)C(=C)C)COC(=O)C(=C)C)cc4)cc3)c(CC)c2)cc1. The lowest BCUT2D eigenvalue weighted by molar-refractivity contribution is -0.149. The first-order chi connectivity index (χ1) is 30.2. The van der Waals surface area contributed by atoms with Gasteiger partial charge >= 0.3 is 23.9 Å². The van der Waals surface area contributed by atoms with Crippen LogP contribution in [0.2, 0.25) is 0 Å². The lowest BCUT2D eigenvalue weighted by atomic mass is 9.89. The lowest BCUT2D eigenvalue weighted by Crippen LogP contribution is -2.33. The first-order valence-corrected chi connectivity index (χ1v) is 21.2. The summed E-state index contributed by atoms with van der Waals surface area (Å²) in [6.07, 6.45) is 7.97. The van der Waals surface area contributed by atoms with E-state index in [2.05, 4.69) is 19.7 Å². The van der Waals surface area contributed by atoms with Crippen molar-refractivity contribution in [3.05, 3.63) is 145 Å². The summed E-state index contributed by atoms with van der Waals surface area (Å²) in [5, 5.41) is 0. The van der Waals surface area contributed by atoms with E-state index in [1.54, 1.807) is 26.8 Å². The average Bonchev–Trinajstić information content (AvgIpc) is 3.28. The number of rotatable bonds is 25. The van der Waals surface area contributed by atoms with Gasteiger partial charge in [0, 0.05) is 28.2 Å². The van der Waals surface area contributed by atoms with Gasteiger partial charge in [-0.3, -0.25) is 0 Å². The Morgan fingerprint density at radius 2 is 1.03 bits per heavy atom. The fraction of sp³-hybridized carbons (Fsp3) is 0.321. The van der Waals surface area contributed by atoms with E-state index in [9.17, 15) is 19.2 Å². The van der Waals surface area contributed by atoms with Gasteiger partial charge in [0.15, 0.2) is 0 Å². The molecule has 0 aromatic heterocycles. The molecule has 0 aliphatic rings. The molecule has 0 aliphatic heterocycles. The molecule has 0 N–H and O–H groups in total. The summed E-state index contributed by atoms with van der Waals surface area (Å²) in [6.45, 7) is 20.9. The summed E-state index contributed by atoms with van der Waals surface area (Å²) in [5.74, 6) is 0.159. The van der Waals surface area contributed by atoms with Crippen LogP contribution in [-0.2, 0) is 39.8 Å². The monoisotopic (exact) mass is 856 g/mol. The molecule has 0 saturated heterocycles. The summed E-state index contributed by atoms with van der Waals surface area (Å²) in [4.78, 5) is 48.4. The molecule has 10 nitrogen and oxygen atoms in total. The molecule has 0 unspecified atom stereocenters. The minimum absolute atomic E-state index is 0.0307. The Morgan fingerprint density at radius 3 is 1.56 bits per heavy atom. The standard InChI is InChI=1S/C53H60O10/c1-9-41-34-45(44-21-26-46(27-22-44)58-31-12-10-11-13-32-60-50(55)37(2)3)23-28-48(41)63-49(54)29-16-40-14-17-42(18-15-40)43-19-24-47(25-20-43)59-33-30-53(8,35-61-51(56)38(4)5)36-62-52(57)39(6)7/h14-29,34H,2,4,6,9-13,30-33,35-36H2,1,3,5,7-8H3/b29-16+. The van der Waals surface area contributed by atoms with Crippen LogP contribution in [0, 0.1) is 5.41 Å². The number of aryl methyl sites for hydroxylation is 1. The molecule has 0 heterocycles. The quantitative estimate of drug-likeness (QED) is 0.0209. The van der Waals surface area contributed by atoms with Crippen LogP contribution in [0.1, 0.15) is 77.8 Å². The van der Waals surface area contributed by atoms with Crippen LogP contribution in [0.4, 0.5) is 0 Å². The average molecular weight is 857 g/mol. The van der Waals surface area contributed by atoms with E-state index in [-0.39, 0.29) is 30.3 Å². The van der Waals surface area contributed by atoms with Gasteiger partial charge in [-0.25, -0.2) is 19.2 Å². The van der Waals surface area contributed by atoms with Gasteiger partial charge in [0.1, 0.15) is 30.5 Å². The predicted octanol–water partition coefficient (Wildman–Crippen LogP) is 11.3. The molecular weight excluding hydrogens is 797 g/mol. The minimum atomic E-state index is -0.686. The molecular formula is C53H60O10. The Labute approximate surface area is 372 Å². The third kappa shape index (κ3) is 16.6. The Morgan fingerprint density at radius 1 is 0.571 bits per heavy atom. The molecule has 0 atom stereocenters. The van der Waals surface area contributed by atoms with Crippen molar-refractivity contribution < 1.29 is 47.6 Å². The first kappa shape index (κ1) is 49.0. The topological polar surface area (TPSA) is 124 Å². The minimum Gasteiger partial charge on any atom is -0.494 e. The Bertz CT molecular complexity index is 2200. The Hall–Kier alpha value is -6.68. The summed E-state index contributed by atoms with van der Waals surface area (Å²) < 4.78 is 33.6. The lowest BCUT2D eigenvalue weighted by Gasteiger charge is -2.28. The third-order valence-corrected chi connectivity index (χ3v) is 10.0. The van der Waals surface area contributed by atoms with Gasteiger partial charge in [-0.05, 0) is 135 Å². The number of carbonyl (C=O) groups excluding carboxylic acids is 4. The van der Waals surface area contributed by atoms with Gasteiger partial charge in [0.2, 0.25) is 0 Å². The highest BCUT2D eigenvalue weighted by Crippen LogP contribution is 2.30. The van der Waals surface area contributed by atoms with Crippen molar-refractivity contribution in [1.29, 1.82) is 0 Å².